The van der Waals surface area contributed by atoms with Gasteiger partial charge >= 0.3 is 0 Å². The fraction of sp³-hybridized carbons (Fsp3) is 0.286. The van der Waals surface area contributed by atoms with E-state index in [4.69, 9.17) is 10.5 Å². The maximum absolute atomic E-state index is 5.74. The zero-order valence-corrected chi connectivity index (χ0v) is 10.7. The number of ether oxygens (including phenoxy) is 1. The highest BCUT2D eigenvalue weighted by atomic mass is 16.5. The maximum atomic E-state index is 5.74. The normalized spacial score (nSPS) is 10.4. The predicted octanol–water partition coefficient (Wildman–Crippen LogP) is 2.13. The first-order chi connectivity index (χ1) is 8.70. The zero-order valence-electron chi connectivity index (χ0n) is 10.7. The van der Waals surface area contributed by atoms with Crippen molar-refractivity contribution in [3.8, 4) is 5.75 Å². The van der Waals surface area contributed by atoms with Crippen LogP contribution in [0, 0.1) is 13.8 Å². The Hall–Kier alpha value is -1.94. The summed E-state index contributed by atoms with van der Waals surface area (Å²) in [4.78, 5) is 8.65. The van der Waals surface area contributed by atoms with Crippen LogP contribution in [0.2, 0.25) is 0 Å². The third-order valence-electron chi connectivity index (χ3n) is 2.75. The van der Waals surface area contributed by atoms with E-state index in [9.17, 15) is 0 Å². The molecule has 0 spiro atoms. The molecule has 0 bridgehead atoms. The number of hydrogen-bond donors (Lipinski definition) is 1. The van der Waals surface area contributed by atoms with Crippen molar-refractivity contribution in [2.45, 2.75) is 27.0 Å². The number of aryl methyl sites for hydroxylation is 2. The van der Waals surface area contributed by atoms with E-state index in [0.717, 1.165) is 28.4 Å². The monoisotopic (exact) mass is 243 g/mol. The van der Waals surface area contributed by atoms with Gasteiger partial charge in [0, 0.05) is 18.4 Å². The van der Waals surface area contributed by atoms with E-state index >= 15 is 0 Å². The Balaban J connectivity index is 2.13. The highest BCUT2D eigenvalue weighted by Crippen LogP contribution is 2.18. The first kappa shape index (κ1) is 12.5. The molecule has 2 N–H and O–H groups in total. The van der Waals surface area contributed by atoms with E-state index in [2.05, 4.69) is 9.97 Å². The van der Waals surface area contributed by atoms with Crippen molar-refractivity contribution in [3.63, 3.8) is 0 Å². The number of nitrogens with zero attached hydrogens (tertiary/aromatic N) is 2. The topological polar surface area (TPSA) is 61.0 Å². The Morgan fingerprint density at radius 2 is 2.00 bits per heavy atom. The Labute approximate surface area is 107 Å². The summed E-state index contributed by atoms with van der Waals surface area (Å²) >= 11 is 0. The van der Waals surface area contributed by atoms with E-state index in [1.54, 1.807) is 6.20 Å². The van der Waals surface area contributed by atoms with Gasteiger partial charge in [-0.1, -0.05) is 6.07 Å². The van der Waals surface area contributed by atoms with Gasteiger partial charge in [-0.2, -0.15) is 0 Å². The van der Waals surface area contributed by atoms with Gasteiger partial charge in [-0.3, -0.25) is 9.97 Å². The lowest BCUT2D eigenvalue weighted by Crippen LogP contribution is -2.07. The molecule has 94 valence electrons. The minimum absolute atomic E-state index is 0.373. The van der Waals surface area contributed by atoms with Gasteiger partial charge in [-0.15, -0.1) is 0 Å². The van der Waals surface area contributed by atoms with E-state index in [-0.39, 0.29) is 0 Å². The fourth-order valence-electron chi connectivity index (χ4n) is 1.69. The zero-order chi connectivity index (χ0) is 13.0. The van der Waals surface area contributed by atoms with Crippen LogP contribution in [0.3, 0.4) is 0 Å². The molecule has 2 aromatic rings. The van der Waals surface area contributed by atoms with Crippen LogP contribution in [-0.4, -0.2) is 9.97 Å². The van der Waals surface area contributed by atoms with Crippen molar-refractivity contribution in [1.82, 2.24) is 9.97 Å². The van der Waals surface area contributed by atoms with Gasteiger partial charge in [-0.25, -0.2) is 0 Å². The molecule has 0 saturated carbocycles. The first-order valence-electron chi connectivity index (χ1n) is 5.90. The van der Waals surface area contributed by atoms with Gasteiger partial charge in [0.25, 0.3) is 0 Å². The average molecular weight is 243 g/mol. The second-order valence-electron chi connectivity index (χ2n) is 4.16. The smallest absolute Gasteiger partial charge is 0.142 e. The van der Waals surface area contributed by atoms with Gasteiger partial charge in [0.15, 0.2) is 0 Å². The van der Waals surface area contributed by atoms with Gasteiger partial charge in [0.2, 0.25) is 0 Å². The van der Waals surface area contributed by atoms with Crippen LogP contribution in [0.15, 0.2) is 30.5 Å². The van der Waals surface area contributed by atoms with Crippen molar-refractivity contribution in [1.29, 1.82) is 0 Å². The van der Waals surface area contributed by atoms with Crippen LogP contribution in [-0.2, 0) is 13.2 Å². The Morgan fingerprint density at radius 3 is 2.72 bits per heavy atom. The van der Waals surface area contributed by atoms with Gasteiger partial charge in [0.1, 0.15) is 12.4 Å². The molecule has 0 unspecified atom stereocenters. The molecule has 0 atom stereocenters. The molecule has 4 heteroatoms. The van der Waals surface area contributed by atoms with Crippen molar-refractivity contribution >= 4 is 0 Å². The summed E-state index contributed by atoms with van der Waals surface area (Å²) < 4.78 is 5.74. The fourth-order valence-corrected chi connectivity index (χ4v) is 1.69. The number of pyridine rings is 2. The number of nitrogens with two attached hydrogens (primary N) is 1. The average Bonchev–Trinajstić information content (AvgIpc) is 2.39. The standard InChI is InChI=1S/C14H17N3O/c1-10-4-3-7-16-13(10)9-18-14-6-5-11(2)17-12(14)8-15/h3-7H,8-9,15H2,1-2H3. The van der Waals surface area contributed by atoms with Crippen LogP contribution in [0.5, 0.6) is 5.75 Å². The summed E-state index contributed by atoms with van der Waals surface area (Å²) in [5.74, 6) is 0.730. The quantitative estimate of drug-likeness (QED) is 0.893. The van der Waals surface area contributed by atoms with Crippen LogP contribution in [0.1, 0.15) is 22.6 Å². The molecule has 0 aliphatic heterocycles. The summed E-state index contributed by atoms with van der Waals surface area (Å²) in [6, 6.07) is 7.75. The van der Waals surface area contributed by atoms with E-state index in [0.29, 0.717) is 13.2 Å². The summed E-state index contributed by atoms with van der Waals surface area (Å²) in [6.45, 7) is 4.76. The summed E-state index contributed by atoms with van der Waals surface area (Å²) in [7, 11) is 0. The molecule has 0 saturated heterocycles. The Kier molecular flexibility index (Phi) is 3.89. The van der Waals surface area contributed by atoms with Crippen LogP contribution >= 0.6 is 0 Å². The van der Waals surface area contributed by atoms with Crippen molar-refractivity contribution in [3.05, 3.63) is 53.1 Å². The van der Waals surface area contributed by atoms with E-state index in [1.807, 2.05) is 38.1 Å². The van der Waals surface area contributed by atoms with Crippen molar-refractivity contribution < 1.29 is 4.74 Å². The van der Waals surface area contributed by atoms with Crippen LogP contribution < -0.4 is 10.5 Å². The molecule has 0 aliphatic rings. The molecule has 0 radical (unpaired) electrons. The third-order valence-corrected chi connectivity index (χ3v) is 2.75. The Morgan fingerprint density at radius 1 is 1.17 bits per heavy atom. The van der Waals surface area contributed by atoms with Crippen molar-refractivity contribution in [2.75, 3.05) is 0 Å². The molecular weight excluding hydrogens is 226 g/mol. The largest absolute Gasteiger partial charge is 0.485 e. The number of aromatic nitrogens is 2. The lowest BCUT2D eigenvalue weighted by Gasteiger charge is -2.11. The lowest BCUT2D eigenvalue weighted by atomic mass is 10.2. The minimum Gasteiger partial charge on any atom is -0.485 e. The maximum Gasteiger partial charge on any atom is 0.142 e. The first-order valence-corrected chi connectivity index (χ1v) is 5.90. The van der Waals surface area contributed by atoms with Crippen LogP contribution in [0.25, 0.3) is 0 Å². The number of hydrogen-bond acceptors (Lipinski definition) is 4. The molecule has 2 heterocycles. The van der Waals surface area contributed by atoms with E-state index < -0.39 is 0 Å². The van der Waals surface area contributed by atoms with E-state index in [1.165, 1.54) is 0 Å². The molecule has 2 rings (SSSR count). The summed E-state index contributed by atoms with van der Waals surface area (Å²) in [6.07, 6.45) is 1.77. The Bertz CT molecular complexity index is 540. The summed E-state index contributed by atoms with van der Waals surface area (Å²) in [5, 5.41) is 0. The highest BCUT2D eigenvalue weighted by molar-refractivity contribution is 5.29. The molecule has 0 amide bonds. The molecule has 4 nitrogen and oxygen atoms in total. The van der Waals surface area contributed by atoms with Crippen LogP contribution in [0.4, 0.5) is 0 Å². The third kappa shape index (κ3) is 2.84. The molecular formula is C14H17N3O. The minimum atomic E-state index is 0.373. The SMILES string of the molecule is Cc1ccc(OCc2ncccc2C)c(CN)n1. The van der Waals surface area contributed by atoms with Gasteiger partial charge in [-0.05, 0) is 37.6 Å². The number of rotatable bonds is 4. The molecule has 2 aromatic heterocycles. The highest BCUT2D eigenvalue weighted by Gasteiger charge is 2.06. The molecule has 0 fully saturated rings. The molecule has 0 aliphatic carbocycles. The molecule has 0 aromatic carbocycles. The van der Waals surface area contributed by atoms with Gasteiger partial charge < -0.3 is 10.5 Å². The second kappa shape index (κ2) is 5.60. The second-order valence-corrected chi connectivity index (χ2v) is 4.16. The van der Waals surface area contributed by atoms with Crippen molar-refractivity contribution in [2.24, 2.45) is 5.73 Å². The summed E-state index contributed by atoms with van der Waals surface area (Å²) in [5.41, 5.74) is 9.43. The van der Waals surface area contributed by atoms with Gasteiger partial charge in [0.05, 0.1) is 11.4 Å². The lowest BCUT2D eigenvalue weighted by molar-refractivity contribution is 0.295. The molecule has 18 heavy (non-hydrogen) atoms. The predicted molar refractivity (Wildman–Crippen MR) is 70.2 cm³/mol.